The Morgan fingerprint density at radius 2 is 0.955 bits per heavy atom. The van der Waals surface area contributed by atoms with Gasteiger partial charge in [-0.15, -0.1) is 0 Å². The van der Waals surface area contributed by atoms with Crippen molar-refractivity contribution in [2.75, 3.05) is 0 Å². The zero-order valence-electron chi connectivity index (χ0n) is 18.4. The second-order valence-corrected chi connectivity index (χ2v) is 6.09. The fraction of sp³-hybridized carbons (Fsp3) is 0.944. The van der Waals surface area contributed by atoms with E-state index in [9.17, 15) is 4.79 Å². The maximum Gasteiger partial charge on any atom is 2.00 e. The van der Waals surface area contributed by atoms with Crippen molar-refractivity contribution >= 4 is 29.0 Å². The Morgan fingerprint density at radius 3 is 1.23 bits per heavy atom. The molecule has 0 atom stereocenters. The van der Waals surface area contributed by atoms with Gasteiger partial charge in [0, 0.05) is 6.42 Å². The van der Waals surface area contributed by atoms with E-state index < -0.39 is 5.97 Å². The van der Waals surface area contributed by atoms with Crippen LogP contribution in [0.1, 0.15) is 114 Å². The van der Waals surface area contributed by atoms with Gasteiger partial charge in [-0.05, 0) is 6.42 Å². The van der Waals surface area contributed by atoms with Crippen LogP contribution in [0.2, 0.25) is 0 Å². The second-order valence-electron chi connectivity index (χ2n) is 6.09. The standard InChI is InChI=1S/C18H36O2.K.Mg.3H/c1-2-3-4-5-6-7-8-9-10-11-12-13-14-15-16-17-18(19)20;;;;;/h2-17H2,1H3,(H,19,20);;;;;/q;+1;+2;3*-1. The zero-order valence-corrected chi connectivity index (χ0v) is 19.9. The van der Waals surface area contributed by atoms with Crippen molar-refractivity contribution in [3.05, 3.63) is 0 Å². The van der Waals surface area contributed by atoms with Crippen molar-refractivity contribution in [2.45, 2.75) is 110 Å². The first kappa shape index (κ1) is 28.7. The summed E-state index contributed by atoms with van der Waals surface area (Å²) in [4.78, 5) is 10.3. The number of hydrogen-bond donors (Lipinski definition) is 1. The number of rotatable bonds is 16. The van der Waals surface area contributed by atoms with Gasteiger partial charge in [0.05, 0.1) is 0 Å². The molecule has 0 aliphatic rings. The normalized spacial score (nSPS) is 9.86. The first-order chi connectivity index (χ1) is 9.77. The van der Waals surface area contributed by atoms with E-state index in [0.29, 0.717) is 6.42 Å². The average molecular weight is 351 g/mol. The average Bonchev–Trinajstić information content (AvgIpc) is 2.43. The molecule has 0 amide bonds. The zero-order chi connectivity index (χ0) is 14.9. The maximum absolute atomic E-state index is 10.3. The molecule has 0 saturated heterocycles. The van der Waals surface area contributed by atoms with E-state index in [0.717, 1.165) is 12.8 Å². The SMILES string of the molecule is CCCCCCCCCCCCCCCCCC(=O)O.[H-].[H-].[H-].[K+].[Mg+2]. The predicted molar refractivity (Wildman–Crippen MR) is 96.3 cm³/mol. The van der Waals surface area contributed by atoms with Gasteiger partial charge in [-0.25, -0.2) is 0 Å². The van der Waals surface area contributed by atoms with Crippen LogP contribution in [-0.4, -0.2) is 34.1 Å². The van der Waals surface area contributed by atoms with E-state index in [1.807, 2.05) is 0 Å². The van der Waals surface area contributed by atoms with Crippen molar-refractivity contribution in [3.63, 3.8) is 0 Å². The molecule has 4 heteroatoms. The summed E-state index contributed by atoms with van der Waals surface area (Å²) in [5, 5.41) is 8.52. The van der Waals surface area contributed by atoms with E-state index in [-0.39, 0.29) is 78.7 Å². The summed E-state index contributed by atoms with van der Waals surface area (Å²) in [5.41, 5.74) is 0. The van der Waals surface area contributed by atoms with E-state index in [1.54, 1.807) is 0 Å². The van der Waals surface area contributed by atoms with Crippen molar-refractivity contribution in [3.8, 4) is 0 Å². The van der Waals surface area contributed by atoms with Gasteiger partial charge in [0.15, 0.2) is 0 Å². The quantitative estimate of drug-likeness (QED) is 0.342. The Kier molecular flexibility index (Phi) is 32.7. The van der Waals surface area contributed by atoms with E-state index in [4.69, 9.17) is 5.11 Å². The van der Waals surface area contributed by atoms with Crippen LogP contribution < -0.4 is 51.4 Å². The molecule has 0 heterocycles. The largest absolute Gasteiger partial charge is 2.00 e. The van der Waals surface area contributed by atoms with Gasteiger partial charge in [-0.2, -0.15) is 0 Å². The van der Waals surface area contributed by atoms with Gasteiger partial charge in [-0.1, -0.05) is 96.8 Å². The second kappa shape index (κ2) is 25.1. The van der Waals surface area contributed by atoms with E-state index in [2.05, 4.69) is 6.92 Å². The smallest absolute Gasteiger partial charge is 1.00 e. The molecule has 126 valence electrons. The molecule has 0 spiro atoms. The van der Waals surface area contributed by atoms with Crippen LogP contribution in [0.4, 0.5) is 0 Å². The fourth-order valence-electron chi connectivity index (χ4n) is 2.65. The minimum atomic E-state index is -0.653. The van der Waals surface area contributed by atoms with Crippen molar-refractivity contribution in [1.29, 1.82) is 0 Å². The first-order valence-electron chi connectivity index (χ1n) is 8.99. The molecule has 22 heavy (non-hydrogen) atoms. The Hall–Kier alpha value is 1.87. The topological polar surface area (TPSA) is 37.3 Å². The molecule has 0 aromatic carbocycles. The molecule has 0 bridgehead atoms. The molecule has 0 fully saturated rings. The first-order valence-corrected chi connectivity index (χ1v) is 8.99. The number of carboxylic acid groups (broad SMARTS) is 1. The Balaban J connectivity index is -0.000000180. The predicted octanol–water partition coefficient (Wildman–Crippen LogP) is 3.29. The van der Waals surface area contributed by atoms with Gasteiger partial charge >= 0.3 is 80.4 Å². The molecular formula is C18H39KMgO2. The minimum absolute atomic E-state index is 0. The fourth-order valence-corrected chi connectivity index (χ4v) is 2.65. The molecular weight excluding hydrogens is 312 g/mol. The van der Waals surface area contributed by atoms with Crippen LogP contribution in [0.3, 0.4) is 0 Å². The third-order valence-electron chi connectivity index (χ3n) is 3.99. The third-order valence-corrected chi connectivity index (χ3v) is 3.99. The number of carbonyl (C=O) groups is 1. The van der Waals surface area contributed by atoms with E-state index in [1.165, 1.54) is 83.5 Å². The summed E-state index contributed by atoms with van der Waals surface area (Å²) in [7, 11) is 0. The summed E-state index contributed by atoms with van der Waals surface area (Å²) >= 11 is 0. The van der Waals surface area contributed by atoms with Crippen molar-refractivity contribution in [1.82, 2.24) is 0 Å². The molecule has 1 N–H and O–H groups in total. The summed E-state index contributed by atoms with van der Waals surface area (Å²) in [6, 6.07) is 0. The Morgan fingerprint density at radius 1 is 0.682 bits per heavy atom. The molecule has 0 aromatic rings. The molecule has 0 aliphatic carbocycles. The van der Waals surface area contributed by atoms with Gasteiger partial charge in [0.25, 0.3) is 0 Å². The minimum Gasteiger partial charge on any atom is -1.00 e. The molecule has 0 radical (unpaired) electrons. The van der Waals surface area contributed by atoms with Crippen LogP contribution in [0.15, 0.2) is 0 Å². The monoisotopic (exact) mass is 350 g/mol. The Labute approximate surface area is 202 Å². The van der Waals surface area contributed by atoms with Crippen LogP contribution in [-0.2, 0) is 4.79 Å². The number of aliphatic carboxylic acids is 1. The summed E-state index contributed by atoms with van der Waals surface area (Å²) in [5.74, 6) is -0.653. The molecule has 0 aromatic heterocycles. The summed E-state index contributed by atoms with van der Waals surface area (Å²) < 4.78 is 0. The van der Waals surface area contributed by atoms with Gasteiger partial charge < -0.3 is 9.39 Å². The maximum atomic E-state index is 10.3. The van der Waals surface area contributed by atoms with Gasteiger partial charge in [-0.3, -0.25) is 4.79 Å². The molecule has 2 nitrogen and oxygen atoms in total. The Bertz CT molecular complexity index is 226. The molecule has 0 unspecified atom stereocenters. The third kappa shape index (κ3) is 26.8. The molecule has 0 rings (SSSR count). The van der Waals surface area contributed by atoms with Crippen LogP contribution in [0.5, 0.6) is 0 Å². The summed E-state index contributed by atoms with van der Waals surface area (Å²) in [6.45, 7) is 2.27. The number of unbranched alkanes of at least 4 members (excludes halogenated alkanes) is 14. The van der Waals surface area contributed by atoms with Crippen LogP contribution >= 0.6 is 0 Å². The van der Waals surface area contributed by atoms with E-state index >= 15 is 0 Å². The molecule has 0 saturated carbocycles. The number of carboxylic acids is 1. The van der Waals surface area contributed by atoms with Crippen molar-refractivity contribution < 1.29 is 65.6 Å². The van der Waals surface area contributed by atoms with Crippen LogP contribution in [0.25, 0.3) is 0 Å². The van der Waals surface area contributed by atoms with Gasteiger partial charge in [0.2, 0.25) is 0 Å². The van der Waals surface area contributed by atoms with Gasteiger partial charge in [0.1, 0.15) is 0 Å². The van der Waals surface area contributed by atoms with Crippen molar-refractivity contribution in [2.24, 2.45) is 0 Å². The van der Waals surface area contributed by atoms with Crippen LogP contribution in [0, 0.1) is 0 Å². The summed E-state index contributed by atoms with van der Waals surface area (Å²) in [6.07, 6.45) is 20.2. The molecule has 0 aliphatic heterocycles. The number of hydrogen-bond acceptors (Lipinski definition) is 1.